The number of non-ortho nitro benzene ring substituents is 1. The molecule has 138 valence electrons. The van der Waals surface area contributed by atoms with Crippen LogP contribution in [0, 0.1) is 22.9 Å². The van der Waals surface area contributed by atoms with Gasteiger partial charge in [-0.2, -0.15) is 5.10 Å². The van der Waals surface area contributed by atoms with Crippen LogP contribution < -0.4 is 5.32 Å². The summed E-state index contributed by atoms with van der Waals surface area (Å²) >= 11 is 1.03. The number of aromatic nitrogens is 2. The second-order valence-electron chi connectivity index (χ2n) is 5.72. The molecule has 1 N–H and O–H groups in total. The second kappa shape index (κ2) is 7.58. The van der Waals surface area contributed by atoms with E-state index in [-0.39, 0.29) is 11.3 Å². The van der Waals surface area contributed by atoms with E-state index < -0.39 is 16.6 Å². The fourth-order valence-corrected chi connectivity index (χ4v) is 3.40. The molecule has 1 heterocycles. The summed E-state index contributed by atoms with van der Waals surface area (Å²) in [5.74, 6) is -0.527. The molecule has 0 radical (unpaired) electrons. The molecule has 7 nitrogen and oxygen atoms in total. The van der Waals surface area contributed by atoms with E-state index in [1.54, 1.807) is 38.2 Å². The Morgan fingerprint density at radius 1 is 1.22 bits per heavy atom. The van der Waals surface area contributed by atoms with E-state index in [0.29, 0.717) is 21.3 Å². The molecule has 1 amide bonds. The molecule has 0 fully saturated rings. The van der Waals surface area contributed by atoms with E-state index in [4.69, 9.17) is 0 Å². The fourth-order valence-electron chi connectivity index (χ4n) is 2.46. The Morgan fingerprint density at radius 3 is 2.59 bits per heavy atom. The molecule has 0 aliphatic heterocycles. The van der Waals surface area contributed by atoms with Gasteiger partial charge in [0.05, 0.1) is 16.2 Å². The monoisotopic (exact) mass is 386 g/mol. The third-order valence-corrected chi connectivity index (χ3v) is 4.85. The number of aryl methyl sites for hydroxylation is 2. The number of benzene rings is 2. The Kier molecular flexibility index (Phi) is 5.22. The van der Waals surface area contributed by atoms with Crippen molar-refractivity contribution in [2.24, 2.45) is 7.05 Å². The van der Waals surface area contributed by atoms with Crippen LogP contribution in [0.3, 0.4) is 0 Å². The zero-order chi connectivity index (χ0) is 19.6. The first kappa shape index (κ1) is 18.6. The van der Waals surface area contributed by atoms with Crippen LogP contribution in [0.25, 0.3) is 0 Å². The van der Waals surface area contributed by atoms with E-state index >= 15 is 0 Å². The molecule has 27 heavy (non-hydrogen) atoms. The molecule has 1 aromatic heterocycles. The van der Waals surface area contributed by atoms with Crippen LogP contribution in [0.1, 0.15) is 16.1 Å². The van der Waals surface area contributed by atoms with Gasteiger partial charge in [0.1, 0.15) is 11.6 Å². The second-order valence-corrected chi connectivity index (χ2v) is 6.80. The predicted molar refractivity (Wildman–Crippen MR) is 99.5 cm³/mol. The van der Waals surface area contributed by atoms with Crippen LogP contribution in [-0.2, 0) is 7.05 Å². The highest BCUT2D eigenvalue weighted by Crippen LogP contribution is 2.34. The van der Waals surface area contributed by atoms with Gasteiger partial charge in [0, 0.05) is 35.0 Å². The van der Waals surface area contributed by atoms with Gasteiger partial charge in [0.25, 0.3) is 11.6 Å². The first-order valence-corrected chi connectivity index (χ1v) is 8.69. The lowest BCUT2D eigenvalue weighted by atomic mass is 10.2. The molecule has 3 rings (SSSR count). The molecule has 0 spiro atoms. The Balaban J connectivity index is 1.99. The Bertz CT molecular complexity index is 1040. The SMILES string of the molecule is Cc1cc(NC(=O)c2cc([N+](=O)[O-])ccc2Sc2ccccc2F)n(C)n1. The van der Waals surface area contributed by atoms with E-state index in [0.717, 1.165) is 11.8 Å². The maximum atomic E-state index is 14.0. The number of nitro benzene ring substituents is 1. The Labute approximate surface area is 158 Å². The number of rotatable bonds is 5. The maximum Gasteiger partial charge on any atom is 0.270 e. The number of carbonyl (C=O) groups excluding carboxylic acids is 1. The minimum atomic E-state index is -0.581. The maximum absolute atomic E-state index is 14.0. The van der Waals surface area contributed by atoms with Crippen LogP contribution in [0.4, 0.5) is 15.9 Å². The Morgan fingerprint density at radius 2 is 1.96 bits per heavy atom. The van der Waals surface area contributed by atoms with Crippen LogP contribution in [0.15, 0.2) is 58.3 Å². The third-order valence-electron chi connectivity index (χ3n) is 3.72. The van der Waals surface area contributed by atoms with Crippen molar-refractivity contribution >= 4 is 29.2 Å². The number of hydrogen-bond donors (Lipinski definition) is 1. The lowest BCUT2D eigenvalue weighted by molar-refractivity contribution is -0.384. The van der Waals surface area contributed by atoms with Crippen molar-refractivity contribution in [3.05, 3.63) is 75.7 Å². The van der Waals surface area contributed by atoms with Crippen LogP contribution in [0.2, 0.25) is 0 Å². The van der Waals surface area contributed by atoms with Gasteiger partial charge >= 0.3 is 0 Å². The van der Waals surface area contributed by atoms with Crippen molar-refractivity contribution in [2.45, 2.75) is 16.7 Å². The molecular weight excluding hydrogens is 371 g/mol. The Hall–Kier alpha value is -3.20. The van der Waals surface area contributed by atoms with E-state index in [1.165, 1.54) is 28.9 Å². The number of amides is 1. The summed E-state index contributed by atoms with van der Waals surface area (Å²) in [7, 11) is 1.67. The van der Waals surface area contributed by atoms with Crippen molar-refractivity contribution in [1.29, 1.82) is 0 Å². The number of halogens is 1. The summed E-state index contributed by atoms with van der Waals surface area (Å²) < 4.78 is 15.5. The van der Waals surface area contributed by atoms with Gasteiger partial charge in [-0.15, -0.1) is 0 Å². The number of nitrogens with one attached hydrogen (secondary N) is 1. The smallest absolute Gasteiger partial charge is 0.270 e. The summed E-state index contributed by atoms with van der Waals surface area (Å²) in [6, 6.07) is 11.7. The van der Waals surface area contributed by atoms with Crippen molar-refractivity contribution < 1.29 is 14.1 Å². The van der Waals surface area contributed by atoms with Crippen molar-refractivity contribution in [3.63, 3.8) is 0 Å². The molecule has 0 aliphatic rings. The molecule has 0 unspecified atom stereocenters. The number of nitro groups is 1. The standard InChI is InChI=1S/C18H15FN4O3S/c1-11-9-17(22(2)21-11)20-18(24)13-10-12(23(25)26)7-8-15(13)27-16-6-4-3-5-14(16)19/h3-10H,1-2H3,(H,20,24). The van der Waals surface area contributed by atoms with Crippen molar-refractivity contribution in [2.75, 3.05) is 5.32 Å². The van der Waals surface area contributed by atoms with Gasteiger partial charge in [-0.3, -0.25) is 19.6 Å². The highest BCUT2D eigenvalue weighted by atomic mass is 32.2. The average Bonchev–Trinajstić information content (AvgIpc) is 2.94. The zero-order valence-corrected chi connectivity index (χ0v) is 15.3. The highest BCUT2D eigenvalue weighted by Gasteiger charge is 2.19. The van der Waals surface area contributed by atoms with Gasteiger partial charge in [-0.05, 0) is 25.1 Å². The van der Waals surface area contributed by atoms with E-state index in [2.05, 4.69) is 10.4 Å². The lowest BCUT2D eigenvalue weighted by Gasteiger charge is -2.10. The minimum absolute atomic E-state index is 0.0799. The number of anilines is 1. The summed E-state index contributed by atoms with van der Waals surface area (Å²) in [5.41, 5.74) is 0.573. The van der Waals surface area contributed by atoms with E-state index in [1.807, 2.05) is 0 Å². The molecule has 0 aliphatic carbocycles. The van der Waals surface area contributed by atoms with Crippen molar-refractivity contribution in [3.8, 4) is 0 Å². The fraction of sp³-hybridized carbons (Fsp3) is 0.111. The van der Waals surface area contributed by atoms with Crippen LogP contribution >= 0.6 is 11.8 Å². The molecule has 0 bridgehead atoms. The molecule has 2 aromatic carbocycles. The topological polar surface area (TPSA) is 90.1 Å². The summed E-state index contributed by atoms with van der Waals surface area (Å²) in [4.78, 5) is 24.0. The molecule has 9 heteroatoms. The van der Waals surface area contributed by atoms with Crippen LogP contribution in [0.5, 0.6) is 0 Å². The summed E-state index contributed by atoms with van der Waals surface area (Å²) in [6.45, 7) is 1.78. The van der Waals surface area contributed by atoms with Gasteiger partial charge in [0.15, 0.2) is 0 Å². The van der Waals surface area contributed by atoms with Gasteiger partial charge < -0.3 is 5.32 Å². The number of carbonyl (C=O) groups is 1. The number of hydrogen-bond acceptors (Lipinski definition) is 5. The predicted octanol–water partition coefficient (Wildman–Crippen LogP) is 4.18. The first-order chi connectivity index (χ1) is 12.8. The van der Waals surface area contributed by atoms with Gasteiger partial charge in [-0.25, -0.2) is 4.39 Å². The van der Waals surface area contributed by atoms with Crippen LogP contribution in [-0.4, -0.2) is 20.6 Å². The summed E-state index contributed by atoms with van der Waals surface area (Å²) in [5, 5.41) is 17.9. The molecular formula is C18H15FN4O3S. The highest BCUT2D eigenvalue weighted by molar-refractivity contribution is 7.99. The molecule has 0 saturated heterocycles. The quantitative estimate of drug-likeness (QED) is 0.525. The molecule has 0 saturated carbocycles. The third kappa shape index (κ3) is 4.14. The van der Waals surface area contributed by atoms with Crippen molar-refractivity contribution in [1.82, 2.24) is 9.78 Å². The first-order valence-electron chi connectivity index (χ1n) is 7.88. The largest absolute Gasteiger partial charge is 0.307 e. The summed E-state index contributed by atoms with van der Waals surface area (Å²) in [6.07, 6.45) is 0. The normalized spacial score (nSPS) is 10.6. The lowest BCUT2D eigenvalue weighted by Crippen LogP contribution is -2.15. The number of nitrogens with zero attached hydrogens (tertiary/aromatic N) is 3. The van der Waals surface area contributed by atoms with Gasteiger partial charge in [0.2, 0.25) is 0 Å². The van der Waals surface area contributed by atoms with Gasteiger partial charge in [-0.1, -0.05) is 23.9 Å². The minimum Gasteiger partial charge on any atom is -0.307 e. The molecule has 0 atom stereocenters. The average molecular weight is 386 g/mol. The molecule has 3 aromatic rings. The zero-order valence-electron chi connectivity index (χ0n) is 14.5. The van der Waals surface area contributed by atoms with E-state index in [9.17, 15) is 19.3 Å².